The molecule has 0 radical (unpaired) electrons. The minimum atomic E-state index is 0.174. The van der Waals surface area contributed by atoms with Gasteiger partial charge in [0.25, 0.3) is 0 Å². The Balaban J connectivity index is 1.53. The number of nitriles is 1. The molecule has 0 spiro atoms. The second kappa shape index (κ2) is 7.40. The van der Waals surface area contributed by atoms with Crippen molar-refractivity contribution in [2.24, 2.45) is 0 Å². The third-order valence-electron chi connectivity index (χ3n) is 4.30. The molecule has 0 N–H and O–H groups in total. The number of piperazine rings is 1. The monoisotopic (exact) mass is 315 g/mol. The molecule has 1 aromatic heterocycles. The van der Waals surface area contributed by atoms with Crippen molar-refractivity contribution in [3.8, 4) is 6.07 Å². The van der Waals surface area contributed by atoms with Crippen LogP contribution in [0.3, 0.4) is 0 Å². The molecule has 2 aliphatic heterocycles. The molecule has 1 amide bonds. The number of ether oxygens (including phenoxy) is 1. The highest BCUT2D eigenvalue weighted by Gasteiger charge is 2.25. The van der Waals surface area contributed by atoms with E-state index >= 15 is 0 Å². The number of carbonyl (C=O) groups is 1. The van der Waals surface area contributed by atoms with Crippen LogP contribution in [-0.2, 0) is 9.53 Å². The first-order valence-electron chi connectivity index (χ1n) is 7.96. The molecule has 0 aromatic carbocycles. The van der Waals surface area contributed by atoms with Crippen LogP contribution in [-0.4, -0.2) is 79.7 Å². The molecule has 1 aromatic rings. The highest BCUT2D eigenvalue weighted by molar-refractivity contribution is 5.78. The second-order valence-corrected chi connectivity index (χ2v) is 5.74. The Kier molecular flexibility index (Phi) is 5.05. The lowest BCUT2D eigenvalue weighted by Gasteiger charge is -2.37. The summed E-state index contributed by atoms with van der Waals surface area (Å²) in [7, 11) is 0. The third-order valence-corrected chi connectivity index (χ3v) is 4.30. The zero-order valence-electron chi connectivity index (χ0n) is 13.1. The van der Waals surface area contributed by atoms with Crippen LogP contribution in [0.1, 0.15) is 5.56 Å². The quantitative estimate of drug-likeness (QED) is 0.778. The fourth-order valence-electron chi connectivity index (χ4n) is 2.95. The van der Waals surface area contributed by atoms with Crippen molar-refractivity contribution in [3.63, 3.8) is 0 Å². The minimum Gasteiger partial charge on any atom is -0.379 e. The van der Waals surface area contributed by atoms with Gasteiger partial charge in [-0.25, -0.2) is 4.98 Å². The summed E-state index contributed by atoms with van der Waals surface area (Å²) in [5, 5.41) is 9.17. The summed E-state index contributed by atoms with van der Waals surface area (Å²) >= 11 is 0. The Hall–Kier alpha value is -2.17. The molecule has 0 bridgehead atoms. The Morgan fingerprint density at radius 3 is 2.65 bits per heavy atom. The van der Waals surface area contributed by atoms with Crippen LogP contribution >= 0.6 is 0 Å². The minimum absolute atomic E-state index is 0.174. The highest BCUT2D eigenvalue weighted by atomic mass is 16.5. The topological polar surface area (TPSA) is 72.7 Å². The van der Waals surface area contributed by atoms with E-state index in [0.29, 0.717) is 51.5 Å². The molecule has 0 saturated carbocycles. The lowest BCUT2D eigenvalue weighted by molar-refractivity contribution is -0.133. The summed E-state index contributed by atoms with van der Waals surface area (Å²) in [6.07, 6.45) is 1.70. The maximum absolute atomic E-state index is 12.4. The van der Waals surface area contributed by atoms with Crippen molar-refractivity contribution in [1.82, 2.24) is 14.8 Å². The molecule has 3 rings (SSSR count). The highest BCUT2D eigenvalue weighted by Crippen LogP contribution is 2.18. The number of hydrogen-bond donors (Lipinski definition) is 0. The molecule has 2 saturated heterocycles. The zero-order chi connectivity index (χ0) is 16.1. The van der Waals surface area contributed by atoms with Gasteiger partial charge in [0, 0.05) is 45.5 Å². The number of morpholine rings is 1. The molecule has 23 heavy (non-hydrogen) atoms. The van der Waals surface area contributed by atoms with Gasteiger partial charge >= 0.3 is 0 Å². The smallest absolute Gasteiger partial charge is 0.236 e. The molecular weight excluding hydrogens is 294 g/mol. The van der Waals surface area contributed by atoms with E-state index in [0.717, 1.165) is 18.9 Å². The molecule has 7 heteroatoms. The van der Waals surface area contributed by atoms with Gasteiger partial charge in [-0.2, -0.15) is 5.26 Å². The maximum Gasteiger partial charge on any atom is 0.236 e. The van der Waals surface area contributed by atoms with E-state index in [9.17, 15) is 10.1 Å². The van der Waals surface area contributed by atoms with Crippen LogP contribution in [0.5, 0.6) is 0 Å². The summed E-state index contributed by atoms with van der Waals surface area (Å²) in [4.78, 5) is 22.8. The van der Waals surface area contributed by atoms with Crippen molar-refractivity contribution in [2.45, 2.75) is 0 Å². The summed E-state index contributed by atoms with van der Waals surface area (Å²) in [6.45, 7) is 6.29. The number of anilines is 1. The van der Waals surface area contributed by atoms with Crippen LogP contribution < -0.4 is 4.90 Å². The Bertz CT molecular complexity index is 586. The second-order valence-electron chi connectivity index (χ2n) is 5.74. The molecule has 0 aliphatic carbocycles. The molecule has 3 heterocycles. The first kappa shape index (κ1) is 15.7. The van der Waals surface area contributed by atoms with Gasteiger partial charge in [-0.3, -0.25) is 9.69 Å². The Labute approximate surface area is 136 Å². The van der Waals surface area contributed by atoms with Crippen molar-refractivity contribution in [2.75, 3.05) is 63.9 Å². The largest absolute Gasteiger partial charge is 0.379 e. The fourth-order valence-corrected chi connectivity index (χ4v) is 2.95. The summed E-state index contributed by atoms with van der Waals surface area (Å²) in [5.41, 5.74) is 0.584. The van der Waals surface area contributed by atoms with Gasteiger partial charge in [-0.15, -0.1) is 0 Å². The Morgan fingerprint density at radius 1 is 1.22 bits per heavy atom. The van der Waals surface area contributed by atoms with Crippen LogP contribution in [0.2, 0.25) is 0 Å². The SMILES string of the molecule is N#Cc1cccnc1N1CCN(C(=O)CN2CCOCC2)CC1. The lowest BCUT2D eigenvalue weighted by Crippen LogP contribution is -2.52. The van der Waals surface area contributed by atoms with Crippen molar-refractivity contribution < 1.29 is 9.53 Å². The number of rotatable bonds is 3. The van der Waals surface area contributed by atoms with Gasteiger partial charge in [0.15, 0.2) is 0 Å². The fraction of sp³-hybridized carbons (Fsp3) is 0.562. The van der Waals surface area contributed by atoms with Gasteiger partial charge in [0.2, 0.25) is 5.91 Å². The predicted molar refractivity (Wildman–Crippen MR) is 85.0 cm³/mol. The average molecular weight is 315 g/mol. The van der Waals surface area contributed by atoms with E-state index in [1.54, 1.807) is 18.3 Å². The van der Waals surface area contributed by atoms with Crippen molar-refractivity contribution in [1.29, 1.82) is 5.26 Å². The number of hydrogen-bond acceptors (Lipinski definition) is 6. The first-order chi connectivity index (χ1) is 11.3. The molecule has 122 valence electrons. The molecule has 0 unspecified atom stereocenters. The van der Waals surface area contributed by atoms with Crippen molar-refractivity contribution >= 4 is 11.7 Å². The van der Waals surface area contributed by atoms with Crippen LogP contribution in [0.4, 0.5) is 5.82 Å². The Morgan fingerprint density at radius 2 is 1.96 bits per heavy atom. The molecule has 2 aliphatic rings. The van der Waals surface area contributed by atoms with Gasteiger partial charge in [0.05, 0.1) is 25.3 Å². The molecular formula is C16H21N5O2. The number of amides is 1. The van der Waals surface area contributed by atoms with E-state index in [2.05, 4.69) is 20.9 Å². The zero-order valence-corrected chi connectivity index (χ0v) is 13.1. The van der Waals surface area contributed by atoms with E-state index in [1.165, 1.54) is 0 Å². The lowest BCUT2D eigenvalue weighted by atomic mass is 10.2. The summed E-state index contributed by atoms with van der Waals surface area (Å²) in [6, 6.07) is 5.72. The van der Waals surface area contributed by atoms with Gasteiger partial charge in [0.1, 0.15) is 11.9 Å². The first-order valence-corrected chi connectivity index (χ1v) is 7.96. The van der Waals surface area contributed by atoms with Crippen molar-refractivity contribution in [3.05, 3.63) is 23.9 Å². The van der Waals surface area contributed by atoms with Crippen LogP contribution in [0.25, 0.3) is 0 Å². The average Bonchev–Trinajstić information content (AvgIpc) is 2.62. The number of nitrogens with zero attached hydrogens (tertiary/aromatic N) is 5. The maximum atomic E-state index is 12.4. The van der Waals surface area contributed by atoms with E-state index < -0.39 is 0 Å². The molecule has 2 fully saturated rings. The standard InChI is InChI=1S/C16H21N5O2/c17-12-14-2-1-3-18-16(14)21-6-4-20(5-7-21)15(22)13-19-8-10-23-11-9-19/h1-3H,4-11,13H2. The van der Waals surface area contributed by atoms with E-state index in [4.69, 9.17) is 4.74 Å². The third kappa shape index (κ3) is 3.78. The van der Waals surface area contributed by atoms with Gasteiger partial charge in [-0.1, -0.05) is 0 Å². The number of aromatic nitrogens is 1. The van der Waals surface area contributed by atoms with E-state index in [1.807, 2.05) is 4.90 Å². The normalized spacial score (nSPS) is 19.4. The molecule has 0 atom stereocenters. The van der Waals surface area contributed by atoms with Gasteiger partial charge in [-0.05, 0) is 12.1 Å². The van der Waals surface area contributed by atoms with Crippen LogP contribution in [0, 0.1) is 11.3 Å². The number of carbonyl (C=O) groups excluding carboxylic acids is 1. The molecule has 7 nitrogen and oxygen atoms in total. The summed E-state index contributed by atoms with van der Waals surface area (Å²) in [5.74, 6) is 0.892. The predicted octanol–water partition coefficient (Wildman–Crippen LogP) is -0.0659. The van der Waals surface area contributed by atoms with E-state index in [-0.39, 0.29) is 5.91 Å². The van der Waals surface area contributed by atoms with Gasteiger partial charge < -0.3 is 14.5 Å². The number of pyridine rings is 1. The summed E-state index contributed by atoms with van der Waals surface area (Å²) < 4.78 is 5.31. The van der Waals surface area contributed by atoms with Crippen LogP contribution in [0.15, 0.2) is 18.3 Å².